The highest BCUT2D eigenvalue weighted by molar-refractivity contribution is 7.89. The van der Waals surface area contributed by atoms with E-state index in [0.717, 1.165) is 31.2 Å². The van der Waals surface area contributed by atoms with Crippen molar-refractivity contribution < 1.29 is 17.6 Å². The number of hydrogen-bond donors (Lipinski definition) is 1. The topological polar surface area (TPSA) is 66.5 Å². The molecule has 0 aromatic heterocycles. The number of halogens is 2. The Morgan fingerprint density at radius 3 is 2.34 bits per heavy atom. The predicted octanol–water partition coefficient (Wildman–Crippen LogP) is 4.02. The van der Waals surface area contributed by atoms with Crippen molar-refractivity contribution in [1.82, 2.24) is 9.62 Å². The summed E-state index contributed by atoms with van der Waals surface area (Å²) in [6.45, 7) is 1.30. The maximum atomic E-state index is 13.0. The first-order chi connectivity index (χ1) is 13.9. The second-order valence-corrected chi connectivity index (χ2v) is 9.44. The van der Waals surface area contributed by atoms with Crippen LogP contribution in [-0.2, 0) is 16.4 Å². The van der Waals surface area contributed by atoms with Crippen molar-refractivity contribution in [2.45, 2.75) is 37.0 Å². The van der Waals surface area contributed by atoms with Crippen LogP contribution in [0.1, 0.15) is 41.6 Å². The highest BCUT2D eigenvalue weighted by atomic mass is 35.5. The lowest BCUT2D eigenvalue weighted by Crippen LogP contribution is -2.32. The van der Waals surface area contributed by atoms with Crippen molar-refractivity contribution in [3.05, 3.63) is 64.4 Å². The zero-order valence-corrected chi connectivity index (χ0v) is 17.6. The Bertz CT molecular complexity index is 956. The van der Waals surface area contributed by atoms with Gasteiger partial charge in [0.05, 0.1) is 15.5 Å². The summed E-state index contributed by atoms with van der Waals surface area (Å²) in [7, 11) is -3.67. The molecule has 0 bridgehead atoms. The zero-order valence-electron chi connectivity index (χ0n) is 16.0. The summed E-state index contributed by atoms with van der Waals surface area (Å²) >= 11 is 6.16. The number of carbonyl (C=O) groups is 1. The number of nitrogens with zero attached hydrogens (tertiary/aromatic N) is 1. The van der Waals surface area contributed by atoms with Gasteiger partial charge in [-0.05, 0) is 55.2 Å². The Morgan fingerprint density at radius 1 is 1.03 bits per heavy atom. The van der Waals surface area contributed by atoms with Crippen LogP contribution in [0.2, 0.25) is 5.02 Å². The zero-order chi connectivity index (χ0) is 20.9. The maximum absolute atomic E-state index is 13.0. The molecule has 0 aliphatic carbocycles. The van der Waals surface area contributed by atoms with E-state index in [-0.39, 0.29) is 21.3 Å². The first-order valence-corrected chi connectivity index (χ1v) is 11.5. The van der Waals surface area contributed by atoms with Crippen LogP contribution in [0.5, 0.6) is 0 Å². The molecule has 0 saturated carbocycles. The smallest absolute Gasteiger partial charge is 0.252 e. The van der Waals surface area contributed by atoms with Gasteiger partial charge in [0, 0.05) is 19.6 Å². The Kier molecular flexibility index (Phi) is 7.27. The van der Waals surface area contributed by atoms with Crippen LogP contribution in [0.3, 0.4) is 0 Å². The van der Waals surface area contributed by atoms with Gasteiger partial charge in [-0.3, -0.25) is 4.79 Å². The Morgan fingerprint density at radius 2 is 1.69 bits per heavy atom. The summed E-state index contributed by atoms with van der Waals surface area (Å²) in [6.07, 6.45) is 4.24. The summed E-state index contributed by atoms with van der Waals surface area (Å²) in [5, 5.41) is 2.94. The van der Waals surface area contributed by atoms with Gasteiger partial charge < -0.3 is 5.32 Å². The van der Waals surface area contributed by atoms with Crippen LogP contribution in [0.4, 0.5) is 4.39 Å². The van der Waals surface area contributed by atoms with Gasteiger partial charge in [-0.25, -0.2) is 12.8 Å². The predicted molar refractivity (Wildman–Crippen MR) is 111 cm³/mol. The average Bonchev–Trinajstić information content (AvgIpc) is 3.00. The van der Waals surface area contributed by atoms with Crippen molar-refractivity contribution in [1.29, 1.82) is 0 Å². The Hall–Kier alpha value is -1.96. The van der Waals surface area contributed by atoms with Crippen LogP contribution in [0, 0.1) is 5.82 Å². The summed E-state index contributed by atoms with van der Waals surface area (Å²) in [6, 6.07) is 10.3. The van der Waals surface area contributed by atoms with E-state index in [0.29, 0.717) is 26.1 Å². The first kappa shape index (κ1) is 21.7. The molecule has 29 heavy (non-hydrogen) atoms. The van der Waals surface area contributed by atoms with Crippen LogP contribution in [-0.4, -0.2) is 38.3 Å². The van der Waals surface area contributed by atoms with E-state index in [1.165, 1.54) is 34.6 Å². The Balaban J connectivity index is 1.70. The molecule has 3 rings (SSSR count). The molecule has 1 saturated heterocycles. The SMILES string of the molecule is O=C(NCCc1ccc(F)cc1)c1cc(S(=O)(=O)N2CCCCCC2)ccc1Cl. The van der Waals surface area contributed by atoms with Gasteiger partial charge in [0.25, 0.3) is 5.91 Å². The quantitative estimate of drug-likeness (QED) is 0.740. The fourth-order valence-electron chi connectivity index (χ4n) is 3.34. The van der Waals surface area contributed by atoms with E-state index in [4.69, 9.17) is 11.6 Å². The van der Waals surface area contributed by atoms with Crippen molar-refractivity contribution in [3.63, 3.8) is 0 Å². The summed E-state index contributed by atoms with van der Waals surface area (Å²) in [5.41, 5.74) is 1.01. The molecule has 0 atom stereocenters. The third-order valence-corrected chi connectivity index (χ3v) is 7.22. The lowest BCUT2D eigenvalue weighted by atomic mass is 10.1. The van der Waals surface area contributed by atoms with E-state index >= 15 is 0 Å². The van der Waals surface area contributed by atoms with E-state index in [1.54, 1.807) is 12.1 Å². The molecule has 156 valence electrons. The van der Waals surface area contributed by atoms with Gasteiger partial charge in [0.15, 0.2) is 0 Å². The first-order valence-electron chi connectivity index (χ1n) is 9.70. The van der Waals surface area contributed by atoms with Gasteiger partial charge in [-0.15, -0.1) is 0 Å². The minimum Gasteiger partial charge on any atom is -0.352 e. The molecule has 2 aromatic rings. The number of rotatable bonds is 6. The molecule has 0 radical (unpaired) electrons. The third-order valence-electron chi connectivity index (χ3n) is 5.00. The fraction of sp³-hybridized carbons (Fsp3) is 0.381. The van der Waals surface area contributed by atoms with Crippen molar-refractivity contribution in [2.75, 3.05) is 19.6 Å². The molecule has 1 aliphatic rings. The van der Waals surface area contributed by atoms with Crippen LogP contribution >= 0.6 is 11.6 Å². The Labute approximate surface area is 175 Å². The van der Waals surface area contributed by atoms with Crippen LogP contribution < -0.4 is 5.32 Å². The fourth-order valence-corrected chi connectivity index (χ4v) is 5.08. The van der Waals surface area contributed by atoms with E-state index in [9.17, 15) is 17.6 Å². The van der Waals surface area contributed by atoms with E-state index in [1.807, 2.05) is 0 Å². The third kappa shape index (κ3) is 5.56. The highest BCUT2D eigenvalue weighted by Gasteiger charge is 2.26. The lowest BCUT2D eigenvalue weighted by Gasteiger charge is -2.20. The molecule has 0 unspecified atom stereocenters. The molecule has 1 amide bonds. The minimum absolute atomic E-state index is 0.0764. The van der Waals surface area contributed by atoms with Crippen LogP contribution in [0.15, 0.2) is 47.4 Å². The number of hydrogen-bond acceptors (Lipinski definition) is 3. The van der Waals surface area contributed by atoms with Crippen LogP contribution in [0.25, 0.3) is 0 Å². The van der Waals surface area contributed by atoms with Crippen molar-refractivity contribution in [3.8, 4) is 0 Å². The molecule has 1 N–H and O–H groups in total. The standard InChI is InChI=1S/C21H24ClFN2O3S/c22-20-10-9-18(29(27,28)25-13-3-1-2-4-14-25)15-19(20)21(26)24-12-11-16-5-7-17(23)8-6-16/h5-10,15H,1-4,11-14H2,(H,24,26). The van der Waals surface area contributed by atoms with Crippen molar-refractivity contribution >= 4 is 27.5 Å². The number of carbonyl (C=O) groups excluding carboxylic acids is 1. The molecule has 1 aliphatic heterocycles. The molecular weight excluding hydrogens is 415 g/mol. The lowest BCUT2D eigenvalue weighted by molar-refractivity contribution is 0.0954. The molecule has 8 heteroatoms. The summed E-state index contributed by atoms with van der Waals surface area (Å²) < 4.78 is 40.4. The molecule has 5 nitrogen and oxygen atoms in total. The van der Waals surface area contributed by atoms with Crippen molar-refractivity contribution in [2.24, 2.45) is 0 Å². The highest BCUT2D eigenvalue weighted by Crippen LogP contribution is 2.25. The molecular formula is C21H24ClFN2O3S. The normalized spacial score (nSPS) is 15.7. The monoisotopic (exact) mass is 438 g/mol. The largest absolute Gasteiger partial charge is 0.352 e. The van der Waals surface area contributed by atoms with Gasteiger partial charge in [0.1, 0.15) is 5.82 Å². The van der Waals surface area contributed by atoms with Gasteiger partial charge >= 0.3 is 0 Å². The second kappa shape index (κ2) is 9.69. The molecule has 1 fully saturated rings. The maximum Gasteiger partial charge on any atom is 0.252 e. The number of nitrogens with one attached hydrogen (secondary N) is 1. The number of sulfonamides is 1. The second-order valence-electron chi connectivity index (χ2n) is 7.09. The van der Waals surface area contributed by atoms with Gasteiger partial charge in [-0.2, -0.15) is 4.31 Å². The summed E-state index contributed by atoms with van der Waals surface area (Å²) in [4.78, 5) is 12.6. The van der Waals surface area contributed by atoms with Gasteiger partial charge in [-0.1, -0.05) is 36.6 Å². The molecule has 2 aromatic carbocycles. The van der Waals surface area contributed by atoms with E-state index in [2.05, 4.69) is 5.32 Å². The molecule has 1 heterocycles. The number of amides is 1. The average molecular weight is 439 g/mol. The number of benzene rings is 2. The minimum atomic E-state index is -3.67. The summed E-state index contributed by atoms with van der Waals surface area (Å²) in [5.74, 6) is -0.753. The molecule has 0 spiro atoms. The van der Waals surface area contributed by atoms with E-state index < -0.39 is 15.9 Å². The van der Waals surface area contributed by atoms with Gasteiger partial charge in [0.2, 0.25) is 10.0 Å².